The Balaban J connectivity index is 1.69. The molecule has 0 saturated heterocycles. The fourth-order valence-electron chi connectivity index (χ4n) is 2.67. The van der Waals surface area contributed by atoms with Crippen molar-refractivity contribution >= 4 is 35.0 Å². The number of nitriles is 1. The van der Waals surface area contributed by atoms with Crippen LogP contribution in [-0.4, -0.2) is 10.8 Å². The van der Waals surface area contributed by atoms with Gasteiger partial charge in [-0.2, -0.15) is 5.26 Å². The number of halogens is 2. The smallest absolute Gasteiger partial charge is 0.294 e. The van der Waals surface area contributed by atoms with Crippen molar-refractivity contribution in [2.45, 2.75) is 6.61 Å². The first kappa shape index (κ1) is 22.5. The van der Waals surface area contributed by atoms with E-state index in [0.29, 0.717) is 11.3 Å². The Morgan fingerprint density at radius 3 is 2.47 bits per heavy atom. The monoisotopic (exact) mass is 451 g/mol. The molecule has 7 nitrogen and oxygen atoms in total. The molecule has 1 amide bonds. The van der Waals surface area contributed by atoms with Gasteiger partial charge in [-0.3, -0.25) is 14.9 Å². The molecule has 0 aliphatic heterocycles. The largest absolute Gasteiger partial charge is 0.489 e. The predicted molar refractivity (Wildman–Crippen MR) is 118 cm³/mol. The van der Waals surface area contributed by atoms with Crippen molar-refractivity contribution in [3.8, 4) is 11.8 Å². The van der Waals surface area contributed by atoms with Gasteiger partial charge in [0.1, 0.15) is 35.5 Å². The maximum atomic E-state index is 12.9. The SMILES string of the molecule is N#C/C(=C\c1ccc(OCc2ccc(F)cc2)cc1)C(=O)Nc1ccc(Cl)cc1[N+](=O)[O-]. The van der Waals surface area contributed by atoms with E-state index < -0.39 is 10.8 Å². The first-order valence-electron chi connectivity index (χ1n) is 9.20. The van der Waals surface area contributed by atoms with Gasteiger partial charge in [-0.15, -0.1) is 0 Å². The molecule has 0 radical (unpaired) electrons. The molecule has 160 valence electrons. The number of hydrogen-bond acceptors (Lipinski definition) is 5. The fourth-order valence-corrected chi connectivity index (χ4v) is 2.84. The van der Waals surface area contributed by atoms with E-state index in [1.807, 2.05) is 0 Å². The molecule has 3 rings (SSSR count). The number of anilines is 1. The Labute approximate surface area is 187 Å². The summed E-state index contributed by atoms with van der Waals surface area (Å²) in [4.78, 5) is 22.9. The molecule has 9 heteroatoms. The summed E-state index contributed by atoms with van der Waals surface area (Å²) in [6.07, 6.45) is 1.35. The van der Waals surface area contributed by atoms with Gasteiger partial charge in [-0.1, -0.05) is 35.9 Å². The lowest BCUT2D eigenvalue weighted by Crippen LogP contribution is -2.14. The van der Waals surface area contributed by atoms with Crippen LogP contribution in [0.15, 0.2) is 72.3 Å². The zero-order valence-electron chi connectivity index (χ0n) is 16.4. The van der Waals surface area contributed by atoms with Crippen molar-refractivity contribution in [1.29, 1.82) is 5.26 Å². The van der Waals surface area contributed by atoms with Gasteiger partial charge in [0.05, 0.1) is 4.92 Å². The Morgan fingerprint density at radius 2 is 1.84 bits per heavy atom. The number of nitro benzene ring substituents is 1. The number of rotatable bonds is 7. The molecule has 3 aromatic carbocycles. The standard InChI is InChI=1S/C23H15ClFN3O4/c24-18-5-10-21(22(12-18)28(30)31)27-23(29)17(13-26)11-15-3-8-20(9-4-15)32-14-16-1-6-19(25)7-2-16/h1-12H,14H2,(H,27,29)/b17-11+. The van der Waals surface area contributed by atoms with E-state index in [-0.39, 0.29) is 34.4 Å². The molecule has 0 aliphatic rings. The van der Waals surface area contributed by atoms with Crippen LogP contribution >= 0.6 is 11.6 Å². The molecule has 0 bridgehead atoms. The van der Waals surface area contributed by atoms with Gasteiger partial charge in [0, 0.05) is 11.1 Å². The van der Waals surface area contributed by atoms with Crippen LogP contribution in [0, 0.1) is 27.3 Å². The van der Waals surface area contributed by atoms with Crippen molar-refractivity contribution in [2.75, 3.05) is 5.32 Å². The molecule has 0 saturated carbocycles. The van der Waals surface area contributed by atoms with Gasteiger partial charge < -0.3 is 10.1 Å². The lowest BCUT2D eigenvalue weighted by Gasteiger charge is -2.07. The third kappa shape index (κ3) is 5.90. The highest BCUT2D eigenvalue weighted by molar-refractivity contribution is 6.31. The highest BCUT2D eigenvalue weighted by atomic mass is 35.5. The molecule has 32 heavy (non-hydrogen) atoms. The van der Waals surface area contributed by atoms with Crippen LogP contribution in [0.25, 0.3) is 6.08 Å². The summed E-state index contributed by atoms with van der Waals surface area (Å²) in [5, 5.41) is 23.0. The number of carbonyl (C=O) groups is 1. The van der Waals surface area contributed by atoms with E-state index in [9.17, 15) is 24.6 Å². The summed E-state index contributed by atoms with van der Waals surface area (Å²) in [5.41, 5.74) is 0.654. The first-order chi connectivity index (χ1) is 15.4. The average molecular weight is 452 g/mol. The van der Waals surface area contributed by atoms with Crippen molar-refractivity contribution in [1.82, 2.24) is 0 Å². The molecule has 3 aromatic rings. The number of carbonyl (C=O) groups excluding carboxylic acids is 1. The van der Waals surface area contributed by atoms with E-state index in [1.165, 1.54) is 30.3 Å². The quantitative estimate of drug-likeness (QED) is 0.220. The Morgan fingerprint density at radius 1 is 1.16 bits per heavy atom. The van der Waals surface area contributed by atoms with Crippen LogP contribution in [0.1, 0.15) is 11.1 Å². The summed E-state index contributed by atoms with van der Waals surface area (Å²) in [5.74, 6) is -0.575. The van der Waals surface area contributed by atoms with E-state index in [2.05, 4.69) is 5.32 Å². The first-order valence-corrected chi connectivity index (χ1v) is 9.58. The van der Waals surface area contributed by atoms with Crippen LogP contribution in [0.2, 0.25) is 5.02 Å². The third-order valence-electron chi connectivity index (χ3n) is 4.28. The van der Waals surface area contributed by atoms with Crippen molar-refractivity contribution < 1.29 is 18.8 Å². The zero-order valence-corrected chi connectivity index (χ0v) is 17.2. The van der Waals surface area contributed by atoms with Gasteiger partial charge in [-0.05, 0) is 53.6 Å². The second kappa shape index (κ2) is 10.2. The summed E-state index contributed by atoms with van der Waals surface area (Å²) < 4.78 is 18.6. The number of nitrogens with one attached hydrogen (secondary N) is 1. The number of nitrogens with zero attached hydrogens (tertiary/aromatic N) is 2. The predicted octanol–water partition coefficient (Wildman–Crippen LogP) is 5.51. The summed E-state index contributed by atoms with van der Waals surface area (Å²) in [6, 6.07) is 18.1. The molecular formula is C23H15ClFN3O4. The maximum absolute atomic E-state index is 12.9. The van der Waals surface area contributed by atoms with E-state index in [1.54, 1.807) is 42.5 Å². The minimum atomic E-state index is -0.797. The highest BCUT2D eigenvalue weighted by Crippen LogP contribution is 2.28. The Kier molecular flexibility index (Phi) is 7.16. The van der Waals surface area contributed by atoms with Gasteiger partial charge in [0.15, 0.2) is 0 Å². The molecule has 0 unspecified atom stereocenters. The van der Waals surface area contributed by atoms with E-state index >= 15 is 0 Å². The number of ether oxygens (including phenoxy) is 1. The molecular weight excluding hydrogens is 437 g/mol. The number of benzene rings is 3. The number of nitro groups is 1. The summed E-state index contributed by atoms with van der Waals surface area (Å²) >= 11 is 5.76. The Bertz CT molecular complexity index is 1220. The van der Waals surface area contributed by atoms with Crippen LogP contribution in [0.4, 0.5) is 15.8 Å². The van der Waals surface area contributed by atoms with Crippen molar-refractivity contribution in [3.63, 3.8) is 0 Å². The lowest BCUT2D eigenvalue weighted by atomic mass is 10.1. The van der Waals surface area contributed by atoms with Crippen molar-refractivity contribution in [2.24, 2.45) is 0 Å². The highest BCUT2D eigenvalue weighted by Gasteiger charge is 2.18. The van der Waals surface area contributed by atoms with Gasteiger partial charge >= 0.3 is 0 Å². The summed E-state index contributed by atoms with van der Waals surface area (Å²) in [6.45, 7) is 0.251. The average Bonchev–Trinajstić information content (AvgIpc) is 2.78. The topological polar surface area (TPSA) is 105 Å². The molecule has 1 N–H and O–H groups in total. The molecule has 0 aliphatic carbocycles. The van der Waals surface area contributed by atoms with Gasteiger partial charge in [0.2, 0.25) is 0 Å². The Hall–Kier alpha value is -4.22. The van der Waals surface area contributed by atoms with E-state index in [4.69, 9.17) is 16.3 Å². The molecule has 0 spiro atoms. The minimum Gasteiger partial charge on any atom is -0.489 e. The normalized spacial score (nSPS) is 10.8. The molecule has 0 fully saturated rings. The fraction of sp³-hybridized carbons (Fsp3) is 0.0435. The van der Waals surface area contributed by atoms with Crippen LogP contribution in [-0.2, 0) is 11.4 Å². The molecule has 0 atom stereocenters. The summed E-state index contributed by atoms with van der Waals surface area (Å²) in [7, 11) is 0. The molecule has 0 aromatic heterocycles. The van der Waals surface area contributed by atoms with Crippen LogP contribution < -0.4 is 10.1 Å². The number of hydrogen-bond donors (Lipinski definition) is 1. The van der Waals surface area contributed by atoms with Crippen LogP contribution in [0.5, 0.6) is 5.75 Å². The van der Waals surface area contributed by atoms with Gasteiger partial charge in [-0.25, -0.2) is 4.39 Å². The third-order valence-corrected chi connectivity index (χ3v) is 4.51. The van der Waals surface area contributed by atoms with E-state index in [0.717, 1.165) is 11.6 Å². The zero-order chi connectivity index (χ0) is 23.1. The lowest BCUT2D eigenvalue weighted by molar-refractivity contribution is -0.383. The second-order valence-corrected chi connectivity index (χ2v) is 6.96. The minimum absolute atomic E-state index is 0.0740. The molecule has 0 heterocycles. The van der Waals surface area contributed by atoms with Crippen molar-refractivity contribution in [3.05, 3.63) is 104 Å². The number of amides is 1. The van der Waals surface area contributed by atoms with Gasteiger partial charge in [0.25, 0.3) is 11.6 Å². The maximum Gasteiger partial charge on any atom is 0.294 e. The van der Waals surface area contributed by atoms with Crippen LogP contribution in [0.3, 0.4) is 0 Å². The second-order valence-electron chi connectivity index (χ2n) is 6.53.